The van der Waals surface area contributed by atoms with E-state index >= 15 is 0 Å². The Hall–Kier alpha value is -0.850. The molecule has 0 fully saturated rings. The molecule has 0 atom stereocenters. The van der Waals surface area contributed by atoms with Crippen molar-refractivity contribution in [3.63, 3.8) is 0 Å². The van der Waals surface area contributed by atoms with E-state index in [0.29, 0.717) is 5.92 Å². The van der Waals surface area contributed by atoms with Gasteiger partial charge in [-0.3, -0.25) is 0 Å². The van der Waals surface area contributed by atoms with Crippen LogP contribution in [-0.2, 0) is 0 Å². The van der Waals surface area contributed by atoms with Crippen LogP contribution in [0.15, 0.2) is 36.7 Å². The predicted octanol–water partition coefficient (Wildman–Crippen LogP) is 3.24. The molecule has 0 aliphatic heterocycles. The van der Waals surface area contributed by atoms with E-state index < -0.39 is 5.83 Å². The standard InChI is InChI=1S/C9H13F/c1-7(2)8(3)5-6-9(4)10/h5-7H,3-4H2,1-2H3/b6-5-. The van der Waals surface area contributed by atoms with Crippen molar-refractivity contribution in [1.82, 2.24) is 0 Å². The van der Waals surface area contributed by atoms with Gasteiger partial charge in [0.1, 0.15) is 5.83 Å². The Labute approximate surface area is 61.8 Å². The molecule has 10 heavy (non-hydrogen) atoms. The molecule has 0 radical (unpaired) electrons. The van der Waals surface area contributed by atoms with Crippen molar-refractivity contribution >= 4 is 0 Å². The first-order chi connectivity index (χ1) is 4.54. The van der Waals surface area contributed by atoms with Crippen molar-refractivity contribution in [1.29, 1.82) is 0 Å². The molecule has 56 valence electrons. The Morgan fingerprint density at radius 2 is 1.80 bits per heavy atom. The van der Waals surface area contributed by atoms with Crippen molar-refractivity contribution in [2.45, 2.75) is 13.8 Å². The minimum absolute atomic E-state index is 0.371. The molecule has 0 aromatic carbocycles. The van der Waals surface area contributed by atoms with Gasteiger partial charge in [-0.05, 0) is 12.0 Å². The van der Waals surface area contributed by atoms with Gasteiger partial charge in [-0.25, -0.2) is 4.39 Å². The fraction of sp³-hybridized carbons (Fsp3) is 0.333. The molecular formula is C9H13F. The minimum Gasteiger partial charge on any atom is -0.208 e. The third-order valence-electron chi connectivity index (χ3n) is 1.22. The normalized spacial score (nSPS) is 10.8. The average molecular weight is 140 g/mol. The first kappa shape index (κ1) is 9.15. The van der Waals surface area contributed by atoms with Crippen LogP contribution in [0.5, 0.6) is 0 Å². The number of halogens is 1. The van der Waals surface area contributed by atoms with Crippen molar-refractivity contribution in [3.8, 4) is 0 Å². The van der Waals surface area contributed by atoms with Crippen LogP contribution in [0.1, 0.15) is 13.8 Å². The van der Waals surface area contributed by atoms with Crippen LogP contribution in [0.3, 0.4) is 0 Å². The lowest BCUT2D eigenvalue weighted by Crippen LogP contribution is -1.86. The smallest absolute Gasteiger partial charge is 0.116 e. The van der Waals surface area contributed by atoms with Gasteiger partial charge in [-0.2, -0.15) is 0 Å². The molecule has 0 rings (SSSR count). The maximum atomic E-state index is 12.0. The topological polar surface area (TPSA) is 0 Å². The van der Waals surface area contributed by atoms with Crippen LogP contribution in [0.2, 0.25) is 0 Å². The number of allylic oxidation sites excluding steroid dienone is 4. The van der Waals surface area contributed by atoms with Crippen molar-refractivity contribution in [3.05, 3.63) is 36.7 Å². The lowest BCUT2D eigenvalue weighted by atomic mass is 10.1. The van der Waals surface area contributed by atoms with E-state index in [1.54, 1.807) is 6.08 Å². The highest BCUT2D eigenvalue weighted by Gasteiger charge is 1.93. The molecule has 0 aromatic rings. The molecule has 1 heteroatoms. The summed E-state index contributed by atoms with van der Waals surface area (Å²) in [6, 6.07) is 0. The van der Waals surface area contributed by atoms with Crippen LogP contribution in [0, 0.1) is 5.92 Å². The Morgan fingerprint density at radius 1 is 1.30 bits per heavy atom. The van der Waals surface area contributed by atoms with Gasteiger partial charge < -0.3 is 0 Å². The van der Waals surface area contributed by atoms with E-state index in [2.05, 4.69) is 13.2 Å². The molecule has 0 N–H and O–H groups in total. The zero-order chi connectivity index (χ0) is 8.15. The molecule has 0 spiro atoms. The Morgan fingerprint density at radius 3 is 2.10 bits per heavy atom. The largest absolute Gasteiger partial charge is 0.208 e. The monoisotopic (exact) mass is 140 g/mol. The average Bonchev–Trinajstić information content (AvgIpc) is 1.82. The molecule has 0 nitrogen and oxygen atoms in total. The van der Waals surface area contributed by atoms with Crippen LogP contribution in [0.25, 0.3) is 0 Å². The van der Waals surface area contributed by atoms with E-state index in [4.69, 9.17) is 0 Å². The lowest BCUT2D eigenvalue weighted by Gasteiger charge is -2.01. The third-order valence-corrected chi connectivity index (χ3v) is 1.22. The predicted molar refractivity (Wildman–Crippen MR) is 43.4 cm³/mol. The molecule has 0 amide bonds. The zero-order valence-electron chi connectivity index (χ0n) is 6.52. The van der Waals surface area contributed by atoms with Gasteiger partial charge in [-0.15, -0.1) is 0 Å². The minimum atomic E-state index is -0.429. The lowest BCUT2D eigenvalue weighted by molar-refractivity contribution is 0.670. The fourth-order valence-electron chi connectivity index (χ4n) is 0.390. The first-order valence-electron chi connectivity index (χ1n) is 3.25. The Balaban J connectivity index is 3.90. The SMILES string of the molecule is C=C(F)/C=C\C(=C)C(C)C. The summed E-state index contributed by atoms with van der Waals surface area (Å²) >= 11 is 0. The van der Waals surface area contributed by atoms with Crippen molar-refractivity contribution in [2.24, 2.45) is 5.92 Å². The first-order valence-corrected chi connectivity index (χ1v) is 3.25. The summed E-state index contributed by atoms with van der Waals surface area (Å²) < 4.78 is 12.0. The third kappa shape index (κ3) is 4.07. The number of hydrogen-bond acceptors (Lipinski definition) is 0. The van der Waals surface area contributed by atoms with Crippen molar-refractivity contribution in [2.75, 3.05) is 0 Å². The second-order valence-corrected chi connectivity index (χ2v) is 2.51. The fourth-order valence-corrected chi connectivity index (χ4v) is 0.390. The zero-order valence-corrected chi connectivity index (χ0v) is 6.52. The van der Waals surface area contributed by atoms with E-state index in [1.165, 1.54) is 6.08 Å². The number of hydrogen-bond donors (Lipinski definition) is 0. The Bertz CT molecular complexity index is 164. The highest BCUT2D eigenvalue weighted by atomic mass is 19.1. The summed E-state index contributed by atoms with van der Waals surface area (Å²) in [5.41, 5.74) is 0.916. The summed E-state index contributed by atoms with van der Waals surface area (Å²) in [5.74, 6) is -0.0580. The summed E-state index contributed by atoms with van der Waals surface area (Å²) in [6.45, 7) is 10.8. The van der Waals surface area contributed by atoms with Gasteiger partial charge in [0.05, 0.1) is 0 Å². The van der Waals surface area contributed by atoms with Crippen LogP contribution in [-0.4, -0.2) is 0 Å². The molecule has 0 aromatic heterocycles. The quantitative estimate of drug-likeness (QED) is 0.528. The molecule has 0 aliphatic rings. The summed E-state index contributed by atoms with van der Waals surface area (Å²) in [4.78, 5) is 0. The molecule has 0 heterocycles. The van der Waals surface area contributed by atoms with Gasteiger partial charge in [0, 0.05) is 0 Å². The van der Waals surface area contributed by atoms with Crippen molar-refractivity contribution < 1.29 is 4.39 Å². The van der Waals surface area contributed by atoms with Gasteiger partial charge in [0.25, 0.3) is 0 Å². The molecule has 0 unspecified atom stereocenters. The van der Waals surface area contributed by atoms with Gasteiger partial charge >= 0.3 is 0 Å². The summed E-state index contributed by atoms with van der Waals surface area (Å²) in [6.07, 6.45) is 2.97. The van der Waals surface area contributed by atoms with E-state index in [9.17, 15) is 4.39 Å². The van der Waals surface area contributed by atoms with Crippen LogP contribution in [0.4, 0.5) is 4.39 Å². The van der Waals surface area contributed by atoms with E-state index in [1.807, 2.05) is 13.8 Å². The molecule has 0 bridgehead atoms. The van der Waals surface area contributed by atoms with Gasteiger partial charge in [-0.1, -0.05) is 38.7 Å². The summed E-state index contributed by atoms with van der Waals surface area (Å²) in [5, 5.41) is 0. The molecule has 0 saturated carbocycles. The van der Waals surface area contributed by atoms with Crippen LogP contribution >= 0.6 is 0 Å². The summed E-state index contributed by atoms with van der Waals surface area (Å²) in [7, 11) is 0. The second-order valence-electron chi connectivity index (χ2n) is 2.51. The highest BCUT2D eigenvalue weighted by molar-refractivity contribution is 5.21. The second kappa shape index (κ2) is 4.04. The van der Waals surface area contributed by atoms with E-state index in [0.717, 1.165) is 5.57 Å². The molecule has 0 aliphatic carbocycles. The highest BCUT2D eigenvalue weighted by Crippen LogP contribution is 2.08. The van der Waals surface area contributed by atoms with Gasteiger partial charge in [0.2, 0.25) is 0 Å². The Kier molecular flexibility index (Phi) is 3.70. The van der Waals surface area contributed by atoms with Crippen LogP contribution < -0.4 is 0 Å². The molecule has 0 saturated heterocycles. The van der Waals surface area contributed by atoms with E-state index in [-0.39, 0.29) is 0 Å². The number of rotatable bonds is 3. The van der Waals surface area contributed by atoms with Gasteiger partial charge in [0.15, 0.2) is 0 Å². The maximum absolute atomic E-state index is 12.0. The maximum Gasteiger partial charge on any atom is 0.116 e. The molecular weight excluding hydrogens is 127 g/mol.